The Kier molecular flexibility index (Phi) is 3.42. The molecule has 0 amide bonds. The van der Waals surface area contributed by atoms with E-state index in [0.29, 0.717) is 5.71 Å². The lowest BCUT2D eigenvalue weighted by molar-refractivity contribution is -0.384. The fraction of sp³-hybridized carbons (Fsp3) is 0.429. The van der Waals surface area contributed by atoms with Crippen molar-refractivity contribution in [3.63, 3.8) is 0 Å². The molecule has 1 unspecified atom stereocenters. The summed E-state index contributed by atoms with van der Waals surface area (Å²) in [5.41, 5.74) is 0.990. The number of Topliss-reactive ketones (excluding diaryl/α,β-unsaturated/α-hetero) is 1. The van der Waals surface area contributed by atoms with E-state index in [1.807, 2.05) is 20.8 Å². The number of halogens is 1. The number of carbonyl (C=O) groups excluding carboxylic acids is 1. The SMILES string of the molecule is CC1=Nc2c(cc(C(C)(C)C)cc2[N+](=O)[O-])C(=O)C1Cl. The number of nitro benzene ring substituents is 1. The largest absolute Gasteiger partial charge is 0.295 e. The van der Waals surface area contributed by atoms with E-state index in [4.69, 9.17) is 11.6 Å². The topological polar surface area (TPSA) is 72.6 Å². The molecule has 1 aliphatic rings. The number of hydrogen-bond donors (Lipinski definition) is 0. The van der Waals surface area contributed by atoms with E-state index < -0.39 is 10.3 Å². The molecule has 106 valence electrons. The van der Waals surface area contributed by atoms with E-state index >= 15 is 0 Å². The van der Waals surface area contributed by atoms with Gasteiger partial charge in [0.2, 0.25) is 0 Å². The van der Waals surface area contributed by atoms with Gasteiger partial charge in [-0.05, 0) is 24.0 Å². The highest BCUT2D eigenvalue weighted by Crippen LogP contribution is 2.40. The van der Waals surface area contributed by atoms with Gasteiger partial charge in [0.05, 0.1) is 10.5 Å². The number of alkyl halides is 1. The summed E-state index contributed by atoms with van der Waals surface area (Å²) in [4.78, 5) is 27.1. The van der Waals surface area contributed by atoms with Crippen molar-refractivity contribution in [2.24, 2.45) is 4.99 Å². The molecule has 0 spiro atoms. The number of nitro groups is 1. The molecule has 2 rings (SSSR count). The van der Waals surface area contributed by atoms with Gasteiger partial charge in [0.1, 0.15) is 5.38 Å². The standard InChI is InChI=1S/C14H15ClN2O3/c1-7-11(15)13(18)9-5-8(14(2,3)4)6-10(17(19)20)12(9)16-7/h5-6,11H,1-4H3. The second kappa shape index (κ2) is 4.66. The Morgan fingerprint density at radius 2 is 1.95 bits per heavy atom. The van der Waals surface area contributed by atoms with Gasteiger partial charge in [-0.1, -0.05) is 20.8 Å². The van der Waals surface area contributed by atoms with Gasteiger partial charge in [-0.15, -0.1) is 11.6 Å². The van der Waals surface area contributed by atoms with Crippen LogP contribution in [0.15, 0.2) is 17.1 Å². The quantitative estimate of drug-likeness (QED) is 0.449. The number of benzene rings is 1. The maximum Gasteiger partial charge on any atom is 0.295 e. The molecule has 1 aliphatic heterocycles. The predicted molar refractivity (Wildman–Crippen MR) is 78.5 cm³/mol. The van der Waals surface area contributed by atoms with Crippen LogP contribution in [-0.2, 0) is 5.41 Å². The van der Waals surface area contributed by atoms with Crippen molar-refractivity contribution in [1.29, 1.82) is 0 Å². The summed E-state index contributed by atoms with van der Waals surface area (Å²) in [5, 5.41) is 10.4. The minimum absolute atomic E-state index is 0.113. The Bertz CT molecular complexity index is 645. The van der Waals surface area contributed by atoms with Crippen LogP contribution in [0, 0.1) is 10.1 Å². The number of carbonyl (C=O) groups is 1. The van der Waals surface area contributed by atoms with E-state index in [0.717, 1.165) is 5.56 Å². The molecule has 1 aromatic rings. The average Bonchev–Trinajstić information content (AvgIpc) is 2.33. The molecule has 1 aromatic carbocycles. The fourth-order valence-corrected chi connectivity index (χ4v) is 2.22. The first-order valence-corrected chi connectivity index (χ1v) is 6.63. The Hall–Kier alpha value is -1.75. The van der Waals surface area contributed by atoms with Gasteiger partial charge in [-0.25, -0.2) is 4.99 Å². The van der Waals surface area contributed by atoms with Gasteiger partial charge in [0, 0.05) is 11.8 Å². The first-order valence-electron chi connectivity index (χ1n) is 6.19. The van der Waals surface area contributed by atoms with E-state index in [-0.39, 0.29) is 28.1 Å². The van der Waals surface area contributed by atoms with Crippen LogP contribution in [0.25, 0.3) is 0 Å². The molecule has 0 aromatic heterocycles. The van der Waals surface area contributed by atoms with Crippen molar-refractivity contribution in [3.05, 3.63) is 33.4 Å². The van der Waals surface area contributed by atoms with Gasteiger partial charge in [0.25, 0.3) is 5.69 Å². The summed E-state index contributed by atoms with van der Waals surface area (Å²) in [6, 6.07) is 3.15. The van der Waals surface area contributed by atoms with Crippen LogP contribution < -0.4 is 0 Å². The second-order valence-corrected chi connectivity index (χ2v) is 6.32. The molecule has 20 heavy (non-hydrogen) atoms. The zero-order valence-corrected chi connectivity index (χ0v) is 12.5. The van der Waals surface area contributed by atoms with Crippen LogP contribution >= 0.6 is 11.6 Å². The van der Waals surface area contributed by atoms with Crippen LogP contribution in [0.4, 0.5) is 11.4 Å². The van der Waals surface area contributed by atoms with Gasteiger partial charge in [-0.2, -0.15) is 0 Å². The maximum atomic E-state index is 12.2. The molecule has 1 atom stereocenters. The molecular weight excluding hydrogens is 280 g/mol. The monoisotopic (exact) mass is 294 g/mol. The Balaban J connectivity index is 2.80. The molecule has 0 saturated heterocycles. The minimum Gasteiger partial charge on any atom is -0.292 e. The first-order chi connectivity index (χ1) is 9.12. The Labute approximate surface area is 121 Å². The molecule has 6 heteroatoms. The van der Waals surface area contributed by atoms with Gasteiger partial charge >= 0.3 is 0 Å². The fourth-order valence-electron chi connectivity index (χ4n) is 2.06. The number of ketones is 1. The highest BCUT2D eigenvalue weighted by molar-refractivity contribution is 6.46. The summed E-state index contributed by atoms with van der Waals surface area (Å²) in [6.45, 7) is 7.38. The second-order valence-electron chi connectivity index (χ2n) is 5.88. The van der Waals surface area contributed by atoms with Crippen LogP contribution in [-0.4, -0.2) is 21.8 Å². The number of nitrogens with zero attached hydrogens (tertiary/aromatic N) is 2. The average molecular weight is 295 g/mol. The predicted octanol–water partition coefficient (Wildman–Crippen LogP) is 3.79. The van der Waals surface area contributed by atoms with Crippen LogP contribution in [0.5, 0.6) is 0 Å². The van der Waals surface area contributed by atoms with Crippen molar-refractivity contribution in [2.45, 2.75) is 38.5 Å². The summed E-state index contributed by atoms with van der Waals surface area (Å²) >= 11 is 5.99. The first kappa shape index (κ1) is 14.7. The van der Waals surface area contributed by atoms with Crippen molar-refractivity contribution in [1.82, 2.24) is 0 Å². The van der Waals surface area contributed by atoms with Crippen molar-refractivity contribution in [3.8, 4) is 0 Å². The summed E-state index contributed by atoms with van der Waals surface area (Å²) in [6.07, 6.45) is 0. The molecule has 1 heterocycles. The number of hydrogen-bond acceptors (Lipinski definition) is 4. The third kappa shape index (κ3) is 2.33. The summed E-state index contributed by atoms with van der Waals surface area (Å²) < 4.78 is 0. The number of aliphatic imine (C=N–C) groups is 1. The van der Waals surface area contributed by atoms with Gasteiger partial charge < -0.3 is 0 Å². The van der Waals surface area contributed by atoms with Crippen molar-refractivity contribution >= 4 is 34.5 Å². The molecule has 0 radical (unpaired) electrons. The highest BCUT2D eigenvalue weighted by atomic mass is 35.5. The number of fused-ring (bicyclic) bond motifs is 1. The van der Waals surface area contributed by atoms with E-state index in [1.165, 1.54) is 6.07 Å². The number of rotatable bonds is 1. The van der Waals surface area contributed by atoms with E-state index in [2.05, 4.69) is 4.99 Å². The minimum atomic E-state index is -0.850. The third-order valence-corrected chi connectivity index (χ3v) is 3.82. The van der Waals surface area contributed by atoms with Crippen LogP contribution in [0.2, 0.25) is 0 Å². The lowest BCUT2D eigenvalue weighted by Crippen LogP contribution is -2.27. The highest BCUT2D eigenvalue weighted by Gasteiger charge is 2.34. The summed E-state index contributed by atoms with van der Waals surface area (Å²) in [7, 11) is 0. The maximum absolute atomic E-state index is 12.2. The Morgan fingerprint density at radius 3 is 2.45 bits per heavy atom. The van der Waals surface area contributed by atoms with Gasteiger partial charge in [-0.3, -0.25) is 14.9 Å². The normalized spacial score (nSPS) is 18.6. The molecular formula is C14H15ClN2O3. The van der Waals surface area contributed by atoms with Crippen molar-refractivity contribution in [2.75, 3.05) is 0 Å². The molecule has 5 nitrogen and oxygen atoms in total. The zero-order valence-electron chi connectivity index (χ0n) is 11.7. The lowest BCUT2D eigenvalue weighted by Gasteiger charge is -2.23. The lowest BCUT2D eigenvalue weighted by atomic mass is 9.84. The molecule has 0 aliphatic carbocycles. The molecule has 0 saturated carbocycles. The van der Waals surface area contributed by atoms with Crippen LogP contribution in [0.1, 0.15) is 43.6 Å². The van der Waals surface area contributed by atoms with Crippen molar-refractivity contribution < 1.29 is 9.72 Å². The molecule has 0 N–H and O–H groups in total. The summed E-state index contributed by atoms with van der Waals surface area (Å²) in [5.74, 6) is -0.330. The van der Waals surface area contributed by atoms with Crippen LogP contribution in [0.3, 0.4) is 0 Å². The Morgan fingerprint density at radius 1 is 1.35 bits per heavy atom. The third-order valence-electron chi connectivity index (χ3n) is 3.30. The molecule has 0 fully saturated rings. The van der Waals surface area contributed by atoms with Gasteiger partial charge in [0.15, 0.2) is 11.5 Å². The zero-order chi connectivity index (χ0) is 15.2. The smallest absolute Gasteiger partial charge is 0.292 e. The van der Waals surface area contributed by atoms with E-state index in [9.17, 15) is 14.9 Å². The molecule has 0 bridgehead atoms. The van der Waals surface area contributed by atoms with E-state index in [1.54, 1.807) is 13.0 Å².